The molecule has 0 aliphatic carbocycles. The van der Waals surface area contributed by atoms with Crippen LogP contribution in [0.1, 0.15) is 43.1 Å². The maximum atomic E-state index is 12.8. The van der Waals surface area contributed by atoms with Crippen LogP contribution in [0.3, 0.4) is 0 Å². The molecule has 1 N–H and O–H groups in total. The molecule has 6 nitrogen and oxygen atoms in total. The van der Waals surface area contributed by atoms with Crippen molar-refractivity contribution in [1.82, 2.24) is 15.5 Å². The van der Waals surface area contributed by atoms with Gasteiger partial charge in [-0.1, -0.05) is 49.1 Å². The first-order valence-corrected chi connectivity index (χ1v) is 9.68. The van der Waals surface area contributed by atoms with Gasteiger partial charge < -0.3 is 14.6 Å². The number of halogens is 2. The number of amides is 1. The van der Waals surface area contributed by atoms with Gasteiger partial charge in [0, 0.05) is 11.1 Å². The number of carbonyl (C=O) groups is 1. The fourth-order valence-corrected chi connectivity index (χ4v) is 3.01. The molecule has 1 heterocycles. The van der Waals surface area contributed by atoms with Crippen LogP contribution in [0.5, 0.6) is 5.75 Å². The third-order valence-electron chi connectivity index (χ3n) is 4.36. The lowest BCUT2D eigenvalue weighted by atomic mass is 9.86. The lowest BCUT2D eigenvalue weighted by molar-refractivity contribution is 0.0881. The van der Waals surface area contributed by atoms with Gasteiger partial charge in [0.05, 0.1) is 17.2 Å². The maximum Gasteiger partial charge on any atom is 0.252 e. The number of hydrogen-bond acceptors (Lipinski definition) is 5. The van der Waals surface area contributed by atoms with Crippen molar-refractivity contribution < 1.29 is 14.1 Å². The Morgan fingerprint density at radius 2 is 1.79 bits per heavy atom. The minimum atomic E-state index is -0.510. The fourth-order valence-electron chi connectivity index (χ4n) is 2.71. The van der Waals surface area contributed by atoms with E-state index in [1.54, 1.807) is 19.2 Å². The van der Waals surface area contributed by atoms with E-state index in [-0.39, 0.29) is 11.3 Å². The number of methoxy groups -OCH3 is 1. The smallest absolute Gasteiger partial charge is 0.252 e. The van der Waals surface area contributed by atoms with E-state index in [1.807, 2.05) is 45.0 Å². The lowest BCUT2D eigenvalue weighted by Gasteiger charge is -2.28. The van der Waals surface area contributed by atoms with Gasteiger partial charge in [-0.3, -0.25) is 4.79 Å². The third kappa shape index (κ3) is 4.89. The van der Waals surface area contributed by atoms with Gasteiger partial charge in [0.2, 0.25) is 11.7 Å². The van der Waals surface area contributed by atoms with Crippen LogP contribution in [0.4, 0.5) is 0 Å². The van der Waals surface area contributed by atoms with Crippen LogP contribution in [0.2, 0.25) is 10.0 Å². The number of carbonyl (C=O) groups excluding carboxylic acids is 1. The highest BCUT2D eigenvalue weighted by Gasteiger charge is 2.33. The van der Waals surface area contributed by atoms with Crippen LogP contribution in [0, 0.1) is 5.41 Å². The van der Waals surface area contributed by atoms with Gasteiger partial charge in [-0.05, 0) is 47.9 Å². The van der Waals surface area contributed by atoms with Gasteiger partial charge in [-0.2, -0.15) is 4.98 Å². The summed E-state index contributed by atoms with van der Waals surface area (Å²) in [5.41, 5.74) is 0.795. The number of rotatable bonds is 5. The highest BCUT2D eigenvalue weighted by Crippen LogP contribution is 2.33. The molecular weight excluding hydrogens is 413 g/mol. The van der Waals surface area contributed by atoms with Crippen molar-refractivity contribution in [2.75, 3.05) is 7.11 Å². The molecule has 0 saturated heterocycles. The summed E-state index contributed by atoms with van der Waals surface area (Å²) in [4.78, 5) is 17.3. The summed E-state index contributed by atoms with van der Waals surface area (Å²) in [5, 5.41) is 7.72. The van der Waals surface area contributed by atoms with Crippen LogP contribution in [-0.2, 0) is 0 Å². The number of nitrogens with one attached hydrogen (secondary N) is 1. The molecule has 8 heteroatoms. The summed E-state index contributed by atoms with van der Waals surface area (Å²) in [6.07, 6.45) is 0. The van der Waals surface area contributed by atoms with Gasteiger partial charge in [0.1, 0.15) is 11.8 Å². The molecule has 0 spiro atoms. The number of nitrogens with zero attached hydrogens (tertiary/aromatic N) is 2. The van der Waals surface area contributed by atoms with Crippen molar-refractivity contribution in [3.8, 4) is 17.1 Å². The zero-order chi connectivity index (χ0) is 21.2. The van der Waals surface area contributed by atoms with Gasteiger partial charge in [0.25, 0.3) is 5.91 Å². The molecule has 3 aromatic rings. The van der Waals surface area contributed by atoms with Crippen LogP contribution < -0.4 is 10.1 Å². The summed E-state index contributed by atoms with van der Waals surface area (Å²) in [6, 6.07) is 11.5. The van der Waals surface area contributed by atoms with E-state index in [0.717, 1.165) is 11.3 Å². The SMILES string of the molecule is COc1ccc(-c2noc([C@@H](NC(=O)c3ccc(Cl)c(Cl)c3)C(C)(C)C)n2)cc1. The molecule has 3 rings (SSSR count). The number of aromatic nitrogens is 2. The minimum Gasteiger partial charge on any atom is -0.497 e. The molecular formula is C21H21Cl2N3O3. The Morgan fingerprint density at radius 1 is 1.10 bits per heavy atom. The predicted molar refractivity (Wildman–Crippen MR) is 112 cm³/mol. The molecule has 152 valence electrons. The van der Waals surface area contributed by atoms with Crippen molar-refractivity contribution in [3.05, 3.63) is 64.0 Å². The number of hydrogen-bond donors (Lipinski definition) is 1. The molecule has 29 heavy (non-hydrogen) atoms. The number of ether oxygens (including phenoxy) is 1. The molecule has 1 atom stereocenters. The van der Waals surface area contributed by atoms with E-state index < -0.39 is 6.04 Å². The molecule has 1 aromatic heterocycles. The number of benzene rings is 2. The summed E-state index contributed by atoms with van der Waals surface area (Å²) in [7, 11) is 1.60. The first-order chi connectivity index (χ1) is 13.7. The second-order valence-electron chi connectivity index (χ2n) is 7.59. The molecule has 0 radical (unpaired) electrons. The van der Waals surface area contributed by atoms with Crippen LogP contribution in [0.25, 0.3) is 11.4 Å². The van der Waals surface area contributed by atoms with E-state index in [2.05, 4.69) is 15.5 Å². The molecule has 1 amide bonds. The Hall–Kier alpha value is -2.57. The molecule has 0 aliphatic heterocycles. The second-order valence-corrected chi connectivity index (χ2v) is 8.40. The summed E-state index contributed by atoms with van der Waals surface area (Å²) < 4.78 is 10.7. The standard InChI is InChI=1S/C21H21Cl2N3O3/c1-21(2,3)17(24-19(27)13-7-10-15(22)16(23)11-13)20-25-18(26-29-20)12-5-8-14(28-4)9-6-12/h5-11,17H,1-4H3,(H,24,27)/t17-/m1/s1. The van der Waals surface area contributed by atoms with E-state index in [9.17, 15) is 4.79 Å². The zero-order valence-electron chi connectivity index (χ0n) is 16.5. The Morgan fingerprint density at radius 3 is 2.38 bits per heavy atom. The summed E-state index contributed by atoms with van der Waals surface area (Å²) >= 11 is 12.0. The Labute approximate surface area is 179 Å². The van der Waals surface area contributed by atoms with Crippen molar-refractivity contribution in [3.63, 3.8) is 0 Å². The first-order valence-electron chi connectivity index (χ1n) is 8.93. The molecule has 0 aliphatic rings. The minimum absolute atomic E-state index is 0.311. The van der Waals surface area contributed by atoms with Gasteiger partial charge in [-0.15, -0.1) is 0 Å². The Bertz CT molecular complexity index is 1010. The summed E-state index contributed by atoms with van der Waals surface area (Å²) in [5.74, 6) is 1.17. The average Bonchev–Trinajstić information content (AvgIpc) is 3.16. The van der Waals surface area contributed by atoms with E-state index >= 15 is 0 Å². The molecule has 0 unspecified atom stereocenters. The molecule has 0 bridgehead atoms. The monoisotopic (exact) mass is 433 g/mol. The van der Waals surface area contributed by atoms with Gasteiger partial charge in [-0.25, -0.2) is 0 Å². The molecule has 0 saturated carbocycles. The van der Waals surface area contributed by atoms with Crippen LogP contribution in [-0.4, -0.2) is 23.2 Å². The molecule has 2 aromatic carbocycles. The summed E-state index contributed by atoms with van der Waals surface area (Å²) in [6.45, 7) is 5.93. The largest absolute Gasteiger partial charge is 0.497 e. The van der Waals surface area contributed by atoms with Crippen molar-refractivity contribution >= 4 is 29.1 Å². The topological polar surface area (TPSA) is 77.3 Å². The third-order valence-corrected chi connectivity index (χ3v) is 5.10. The van der Waals surface area contributed by atoms with Crippen LogP contribution >= 0.6 is 23.2 Å². The average molecular weight is 434 g/mol. The van der Waals surface area contributed by atoms with Gasteiger partial charge in [0.15, 0.2) is 0 Å². The maximum absolute atomic E-state index is 12.8. The quantitative estimate of drug-likeness (QED) is 0.568. The zero-order valence-corrected chi connectivity index (χ0v) is 18.0. The predicted octanol–water partition coefficient (Wildman–Crippen LogP) is 5.57. The first kappa shape index (κ1) is 21.1. The van der Waals surface area contributed by atoms with Crippen molar-refractivity contribution in [1.29, 1.82) is 0 Å². The Kier molecular flexibility index (Phi) is 6.15. The van der Waals surface area contributed by atoms with Crippen molar-refractivity contribution in [2.24, 2.45) is 5.41 Å². The van der Waals surface area contributed by atoms with Gasteiger partial charge >= 0.3 is 0 Å². The normalized spacial score (nSPS) is 12.5. The van der Waals surface area contributed by atoms with E-state index in [1.165, 1.54) is 6.07 Å². The van der Waals surface area contributed by atoms with Crippen LogP contribution in [0.15, 0.2) is 47.0 Å². The molecule has 0 fully saturated rings. The Balaban J connectivity index is 1.86. The highest BCUT2D eigenvalue weighted by atomic mass is 35.5. The van der Waals surface area contributed by atoms with E-state index in [4.69, 9.17) is 32.5 Å². The van der Waals surface area contributed by atoms with Crippen molar-refractivity contribution in [2.45, 2.75) is 26.8 Å². The second kappa shape index (κ2) is 8.43. The highest BCUT2D eigenvalue weighted by molar-refractivity contribution is 6.42. The lowest BCUT2D eigenvalue weighted by Crippen LogP contribution is -2.36. The van der Waals surface area contributed by atoms with E-state index in [0.29, 0.717) is 27.3 Å². The fraction of sp³-hybridized carbons (Fsp3) is 0.286.